The zero-order valence-electron chi connectivity index (χ0n) is 9.44. The number of nitrogens with one attached hydrogen (secondary N) is 1. The molecule has 17 heavy (non-hydrogen) atoms. The maximum absolute atomic E-state index is 8.98. The zero-order valence-corrected chi connectivity index (χ0v) is 9.44. The van der Waals surface area contributed by atoms with E-state index in [9.17, 15) is 0 Å². The van der Waals surface area contributed by atoms with Gasteiger partial charge in [0.15, 0.2) is 0 Å². The fourth-order valence-corrected chi connectivity index (χ4v) is 1.45. The largest absolute Gasteiger partial charge is 0.399 e. The Balaban J connectivity index is 2.32. The van der Waals surface area contributed by atoms with Crippen molar-refractivity contribution in [2.75, 3.05) is 11.1 Å². The van der Waals surface area contributed by atoms with Gasteiger partial charge < -0.3 is 11.1 Å². The van der Waals surface area contributed by atoms with Gasteiger partial charge in [-0.1, -0.05) is 0 Å². The first kappa shape index (κ1) is 11.0. The van der Waals surface area contributed by atoms with Gasteiger partial charge in [0.1, 0.15) is 11.9 Å². The summed E-state index contributed by atoms with van der Waals surface area (Å²) in [4.78, 5) is 4.30. The summed E-state index contributed by atoms with van der Waals surface area (Å²) in [5.41, 5.74) is 8.55. The fraction of sp³-hybridized carbons (Fsp3) is 0.0769. The molecule has 1 heterocycles. The van der Waals surface area contributed by atoms with Crippen molar-refractivity contribution in [3.63, 3.8) is 0 Å². The number of benzene rings is 1. The van der Waals surface area contributed by atoms with Crippen LogP contribution >= 0.6 is 0 Å². The second kappa shape index (κ2) is 4.54. The van der Waals surface area contributed by atoms with Crippen LogP contribution in [0.3, 0.4) is 0 Å². The van der Waals surface area contributed by atoms with Gasteiger partial charge in [0, 0.05) is 17.1 Å². The highest BCUT2D eigenvalue weighted by molar-refractivity contribution is 5.64. The third-order valence-electron chi connectivity index (χ3n) is 2.33. The van der Waals surface area contributed by atoms with Crippen molar-refractivity contribution < 1.29 is 0 Å². The predicted molar refractivity (Wildman–Crippen MR) is 67.8 cm³/mol. The van der Waals surface area contributed by atoms with Crippen LogP contribution in [-0.2, 0) is 0 Å². The minimum Gasteiger partial charge on any atom is -0.399 e. The molecule has 0 amide bonds. The highest BCUT2D eigenvalue weighted by atomic mass is 15.0. The first-order valence-corrected chi connectivity index (χ1v) is 5.19. The lowest BCUT2D eigenvalue weighted by molar-refractivity contribution is 1.19. The molecule has 0 aliphatic heterocycles. The number of anilines is 3. The Bertz CT molecular complexity index is 567. The summed E-state index contributed by atoms with van der Waals surface area (Å²) in [6, 6.07) is 13.0. The van der Waals surface area contributed by atoms with Gasteiger partial charge in [0.2, 0.25) is 0 Å². The van der Waals surface area contributed by atoms with E-state index in [-0.39, 0.29) is 0 Å². The van der Waals surface area contributed by atoms with E-state index in [0.29, 0.717) is 17.1 Å². The Hall–Kier alpha value is -2.54. The molecule has 0 saturated carbocycles. The molecular formula is C13H12N4. The lowest BCUT2D eigenvalue weighted by Gasteiger charge is -2.08. The first-order valence-electron chi connectivity index (χ1n) is 5.19. The summed E-state index contributed by atoms with van der Waals surface area (Å²) >= 11 is 0. The van der Waals surface area contributed by atoms with E-state index in [1.165, 1.54) is 0 Å². The van der Waals surface area contributed by atoms with Crippen molar-refractivity contribution in [3.8, 4) is 6.07 Å². The van der Waals surface area contributed by atoms with E-state index in [1.807, 2.05) is 25.1 Å². The number of nitriles is 1. The first-order chi connectivity index (χ1) is 8.19. The standard InChI is InChI=1S/C13H12N4/c1-9-2-3-10(8-14)13(16-9)17-12-6-4-11(15)5-7-12/h2-7H,15H2,1H3,(H,16,17). The number of aromatic nitrogens is 1. The minimum absolute atomic E-state index is 0.521. The number of hydrogen-bond acceptors (Lipinski definition) is 4. The van der Waals surface area contributed by atoms with Crippen molar-refractivity contribution in [2.24, 2.45) is 0 Å². The van der Waals surface area contributed by atoms with E-state index in [0.717, 1.165) is 11.4 Å². The highest BCUT2D eigenvalue weighted by Gasteiger charge is 2.04. The summed E-state index contributed by atoms with van der Waals surface area (Å²) in [6.45, 7) is 1.88. The summed E-state index contributed by atoms with van der Waals surface area (Å²) in [5, 5.41) is 12.1. The van der Waals surface area contributed by atoms with E-state index in [2.05, 4.69) is 16.4 Å². The molecule has 0 unspecified atom stereocenters. The molecule has 3 N–H and O–H groups in total. The lowest BCUT2D eigenvalue weighted by Crippen LogP contribution is -1.98. The quantitative estimate of drug-likeness (QED) is 0.769. The van der Waals surface area contributed by atoms with Gasteiger partial charge in [0.05, 0.1) is 5.56 Å². The SMILES string of the molecule is Cc1ccc(C#N)c(Nc2ccc(N)cc2)n1. The van der Waals surface area contributed by atoms with Crippen LogP contribution in [0.25, 0.3) is 0 Å². The van der Waals surface area contributed by atoms with Crippen LogP contribution in [0.5, 0.6) is 0 Å². The van der Waals surface area contributed by atoms with Crippen molar-refractivity contribution in [3.05, 3.63) is 47.7 Å². The zero-order chi connectivity index (χ0) is 12.3. The summed E-state index contributed by atoms with van der Waals surface area (Å²) in [5.74, 6) is 0.567. The third kappa shape index (κ3) is 2.52. The van der Waals surface area contributed by atoms with Crippen LogP contribution in [0.15, 0.2) is 36.4 Å². The molecule has 0 saturated heterocycles. The number of nitrogen functional groups attached to an aromatic ring is 1. The highest BCUT2D eigenvalue weighted by Crippen LogP contribution is 2.19. The molecule has 0 bridgehead atoms. The number of hydrogen-bond donors (Lipinski definition) is 2. The Labute approximate surface area is 99.7 Å². The molecular weight excluding hydrogens is 212 g/mol. The van der Waals surface area contributed by atoms with Crippen molar-refractivity contribution >= 4 is 17.2 Å². The van der Waals surface area contributed by atoms with Crippen molar-refractivity contribution in [1.82, 2.24) is 4.98 Å². The summed E-state index contributed by atoms with van der Waals surface area (Å²) in [7, 11) is 0. The van der Waals surface area contributed by atoms with Crippen LogP contribution in [0.1, 0.15) is 11.3 Å². The van der Waals surface area contributed by atoms with Gasteiger partial charge in [-0.2, -0.15) is 5.26 Å². The maximum Gasteiger partial charge on any atom is 0.148 e. The van der Waals surface area contributed by atoms with Gasteiger partial charge in [-0.3, -0.25) is 0 Å². The molecule has 0 spiro atoms. The minimum atomic E-state index is 0.521. The Morgan fingerprint density at radius 1 is 1.18 bits per heavy atom. The maximum atomic E-state index is 8.98. The second-order valence-corrected chi connectivity index (χ2v) is 3.71. The molecule has 2 aromatic rings. The van der Waals surface area contributed by atoms with E-state index in [1.54, 1.807) is 18.2 Å². The van der Waals surface area contributed by atoms with E-state index >= 15 is 0 Å². The topological polar surface area (TPSA) is 74.7 Å². The van der Waals surface area contributed by atoms with Crippen LogP contribution in [0.2, 0.25) is 0 Å². The molecule has 4 heteroatoms. The molecule has 84 valence electrons. The summed E-state index contributed by atoms with van der Waals surface area (Å²) < 4.78 is 0. The lowest BCUT2D eigenvalue weighted by atomic mass is 10.2. The number of nitrogens with zero attached hydrogens (tertiary/aromatic N) is 2. The van der Waals surface area contributed by atoms with Gasteiger partial charge in [-0.15, -0.1) is 0 Å². The van der Waals surface area contributed by atoms with Crippen molar-refractivity contribution in [1.29, 1.82) is 5.26 Å². The normalized spacial score (nSPS) is 9.65. The predicted octanol–water partition coefficient (Wildman–Crippen LogP) is 2.59. The Morgan fingerprint density at radius 2 is 1.88 bits per heavy atom. The third-order valence-corrected chi connectivity index (χ3v) is 2.33. The molecule has 4 nitrogen and oxygen atoms in total. The Kier molecular flexibility index (Phi) is 2.93. The summed E-state index contributed by atoms with van der Waals surface area (Å²) in [6.07, 6.45) is 0. The van der Waals surface area contributed by atoms with Gasteiger partial charge in [-0.25, -0.2) is 4.98 Å². The molecule has 0 aliphatic carbocycles. The van der Waals surface area contributed by atoms with Gasteiger partial charge in [-0.05, 0) is 43.3 Å². The molecule has 0 aliphatic rings. The van der Waals surface area contributed by atoms with Crippen LogP contribution in [0, 0.1) is 18.3 Å². The average molecular weight is 224 g/mol. The van der Waals surface area contributed by atoms with Crippen molar-refractivity contribution in [2.45, 2.75) is 6.92 Å². The molecule has 1 aromatic heterocycles. The van der Waals surface area contributed by atoms with Gasteiger partial charge in [0.25, 0.3) is 0 Å². The van der Waals surface area contributed by atoms with Crippen LogP contribution < -0.4 is 11.1 Å². The second-order valence-electron chi connectivity index (χ2n) is 3.71. The molecule has 0 radical (unpaired) electrons. The molecule has 1 aromatic carbocycles. The van der Waals surface area contributed by atoms with Gasteiger partial charge >= 0.3 is 0 Å². The van der Waals surface area contributed by atoms with Crippen LogP contribution in [0.4, 0.5) is 17.2 Å². The number of pyridine rings is 1. The molecule has 0 atom stereocenters. The van der Waals surface area contributed by atoms with E-state index < -0.39 is 0 Å². The smallest absolute Gasteiger partial charge is 0.148 e. The fourth-order valence-electron chi connectivity index (χ4n) is 1.45. The number of rotatable bonds is 2. The number of aryl methyl sites for hydroxylation is 1. The number of nitrogens with two attached hydrogens (primary N) is 1. The Morgan fingerprint density at radius 3 is 2.53 bits per heavy atom. The monoisotopic (exact) mass is 224 g/mol. The molecule has 2 rings (SSSR count). The van der Waals surface area contributed by atoms with E-state index in [4.69, 9.17) is 11.0 Å². The average Bonchev–Trinajstić information content (AvgIpc) is 2.32. The molecule has 0 fully saturated rings. The van der Waals surface area contributed by atoms with Crippen LogP contribution in [-0.4, -0.2) is 4.98 Å².